The molecule has 0 radical (unpaired) electrons. The third-order valence-electron chi connectivity index (χ3n) is 3.71. The van der Waals surface area contributed by atoms with Crippen molar-refractivity contribution in [1.29, 1.82) is 0 Å². The normalized spacial score (nSPS) is 12.8. The average Bonchev–Trinajstić information content (AvgIpc) is 2.94. The summed E-state index contributed by atoms with van der Waals surface area (Å²) >= 11 is 1.80. The van der Waals surface area contributed by atoms with E-state index in [1.54, 1.807) is 11.3 Å². The van der Waals surface area contributed by atoms with Crippen molar-refractivity contribution in [3.63, 3.8) is 0 Å². The summed E-state index contributed by atoms with van der Waals surface area (Å²) in [6.45, 7) is 5.62. The number of aryl methyl sites for hydroxylation is 2. The van der Waals surface area contributed by atoms with Crippen LogP contribution >= 0.6 is 11.3 Å². The molecule has 114 valence electrons. The van der Waals surface area contributed by atoms with Crippen LogP contribution in [0, 0.1) is 13.8 Å². The molecular weight excluding hydrogens is 280 g/mol. The zero-order chi connectivity index (χ0) is 15.4. The number of hydrogen-bond donors (Lipinski definition) is 2. The van der Waals surface area contributed by atoms with Crippen LogP contribution in [0.3, 0.4) is 0 Å². The van der Waals surface area contributed by atoms with E-state index in [-0.39, 0.29) is 0 Å². The summed E-state index contributed by atoms with van der Waals surface area (Å²) in [5.41, 5.74) is 3.09. The van der Waals surface area contributed by atoms with Gasteiger partial charge in [0.1, 0.15) is 5.75 Å². The van der Waals surface area contributed by atoms with Gasteiger partial charge in [-0.3, -0.25) is 0 Å². The van der Waals surface area contributed by atoms with Crippen LogP contribution in [0.1, 0.15) is 27.6 Å². The number of benzene rings is 1. The van der Waals surface area contributed by atoms with Gasteiger partial charge < -0.3 is 15.3 Å². The molecule has 2 N–H and O–H groups in total. The second kappa shape index (κ2) is 7.07. The largest absolute Gasteiger partial charge is 0.507 e. The topological polar surface area (TPSA) is 35.5 Å². The Hall–Kier alpha value is -1.36. The maximum atomic E-state index is 9.82. The van der Waals surface area contributed by atoms with Crippen LogP contribution in [0.2, 0.25) is 0 Å². The molecule has 0 spiro atoms. The lowest BCUT2D eigenvalue weighted by Gasteiger charge is -2.23. The van der Waals surface area contributed by atoms with Crippen molar-refractivity contribution in [2.24, 2.45) is 0 Å². The zero-order valence-corrected chi connectivity index (χ0v) is 14.0. The average molecular weight is 304 g/mol. The second-order valence-electron chi connectivity index (χ2n) is 5.70. The van der Waals surface area contributed by atoms with Crippen molar-refractivity contribution in [2.45, 2.75) is 26.4 Å². The highest BCUT2D eigenvalue weighted by Crippen LogP contribution is 2.24. The number of likely N-dealkylation sites (N-methyl/N-ethyl adjacent to an activating group) is 1. The van der Waals surface area contributed by atoms with Gasteiger partial charge in [0.05, 0.1) is 6.04 Å². The first-order chi connectivity index (χ1) is 9.99. The van der Waals surface area contributed by atoms with E-state index in [4.69, 9.17) is 0 Å². The van der Waals surface area contributed by atoms with Crippen LogP contribution in [0.5, 0.6) is 5.75 Å². The number of nitrogens with zero attached hydrogens (tertiary/aromatic N) is 1. The molecule has 0 saturated carbocycles. The summed E-state index contributed by atoms with van der Waals surface area (Å²) in [6, 6.07) is 8.77. The molecule has 1 unspecified atom stereocenters. The van der Waals surface area contributed by atoms with Crippen molar-refractivity contribution in [3.05, 3.63) is 51.2 Å². The van der Waals surface area contributed by atoms with Gasteiger partial charge in [-0.1, -0.05) is 18.2 Å². The molecule has 4 heteroatoms. The molecule has 1 atom stereocenters. The Morgan fingerprint density at radius 1 is 1.24 bits per heavy atom. The first kappa shape index (κ1) is 16.0. The van der Waals surface area contributed by atoms with Crippen molar-refractivity contribution >= 4 is 11.3 Å². The van der Waals surface area contributed by atoms with E-state index in [0.29, 0.717) is 11.8 Å². The number of rotatable bonds is 6. The molecule has 3 nitrogen and oxygen atoms in total. The molecule has 0 saturated heterocycles. The monoisotopic (exact) mass is 304 g/mol. The van der Waals surface area contributed by atoms with Gasteiger partial charge >= 0.3 is 0 Å². The van der Waals surface area contributed by atoms with E-state index in [1.807, 2.05) is 26.0 Å². The van der Waals surface area contributed by atoms with Gasteiger partial charge in [-0.25, -0.2) is 0 Å². The standard InChI is InChI=1S/C17H24N2OS/c1-12-8-14(9-13(2)17(12)20)10-18-11-15(19(3)4)16-6-5-7-21-16/h5-9,15,18,20H,10-11H2,1-4H3. The smallest absolute Gasteiger partial charge is 0.121 e. The Morgan fingerprint density at radius 2 is 1.90 bits per heavy atom. The zero-order valence-electron chi connectivity index (χ0n) is 13.2. The summed E-state index contributed by atoms with van der Waals surface area (Å²) in [5.74, 6) is 0.406. The SMILES string of the molecule is Cc1cc(CNCC(c2cccs2)N(C)C)cc(C)c1O. The predicted molar refractivity (Wildman–Crippen MR) is 90.0 cm³/mol. The number of phenolic OH excluding ortho intramolecular Hbond substituents is 1. The third kappa shape index (κ3) is 4.06. The van der Waals surface area contributed by atoms with Crippen molar-refractivity contribution in [2.75, 3.05) is 20.6 Å². The molecule has 1 aromatic heterocycles. The van der Waals surface area contributed by atoms with E-state index < -0.39 is 0 Å². The maximum Gasteiger partial charge on any atom is 0.121 e. The molecule has 2 rings (SSSR count). The summed E-state index contributed by atoms with van der Waals surface area (Å²) in [5, 5.41) is 15.5. The lowest BCUT2D eigenvalue weighted by atomic mass is 10.1. The van der Waals surface area contributed by atoms with Crippen LogP contribution in [0.15, 0.2) is 29.6 Å². The summed E-state index contributed by atoms with van der Waals surface area (Å²) in [7, 11) is 4.22. The van der Waals surface area contributed by atoms with E-state index in [2.05, 4.69) is 41.8 Å². The lowest BCUT2D eigenvalue weighted by Crippen LogP contribution is -2.30. The first-order valence-electron chi connectivity index (χ1n) is 7.18. The Bertz CT molecular complexity index is 555. The summed E-state index contributed by atoms with van der Waals surface area (Å²) in [6.07, 6.45) is 0. The van der Waals surface area contributed by atoms with Crippen LogP contribution in [0.25, 0.3) is 0 Å². The fraction of sp³-hybridized carbons (Fsp3) is 0.412. The number of thiophene rings is 1. The second-order valence-corrected chi connectivity index (χ2v) is 6.68. The molecule has 21 heavy (non-hydrogen) atoms. The quantitative estimate of drug-likeness (QED) is 0.858. The van der Waals surface area contributed by atoms with Gasteiger partial charge in [-0.05, 0) is 56.1 Å². The van der Waals surface area contributed by atoms with E-state index in [0.717, 1.165) is 24.2 Å². The Labute approximate surface area is 131 Å². The third-order valence-corrected chi connectivity index (χ3v) is 4.69. The molecule has 0 aliphatic heterocycles. The van der Waals surface area contributed by atoms with Gasteiger partial charge in [-0.2, -0.15) is 0 Å². The molecule has 1 aromatic carbocycles. The lowest BCUT2D eigenvalue weighted by molar-refractivity contribution is 0.292. The molecule has 0 amide bonds. The molecule has 0 aliphatic rings. The van der Waals surface area contributed by atoms with Gasteiger partial charge in [-0.15, -0.1) is 11.3 Å². The van der Waals surface area contributed by atoms with E-state index >= 15 is 0 Å². The number of hydrogen-bond acceptors (Lipinski definition) is 4. The molecule has 1 heterocycles. The highest BCUT2D eigenvalue weighted by molar-refractivity contribution is 7.10. The molecule has 0 aliphatic carbocycles. The van der Waals surface area contributed by atoms with Crippen LogP contribution < -0.4 is 5.32 Å². The van der Waals surface area contributed by atoms with Gasteiger partial charge in [0.15, 0.2) is 0 Å². The highest BCUT2D eigenvalue weighted by atomic mass is 32.1. The van der Waals surface area contributed by atoms with Crippen molar-refractivity contribution in [3.8, 4) is 5.75 Å². The minimum absolute atomic E-state index is 0.393. The Balaban J connectivity index is 1.97. The van der Waals surface area contributed by atoms with Crippen LogP contribution in [0.4, 0.5) is 0 Å². The molecule has 0 bridgehead atoms. The number of nitrogens with one attached hydrogen (secondary N) is 1. The first-order valence-corrected chi connectivity index (χ1v) is 8.06. The molecular formula is C17H24N2OS. The fourth-order valence-corrected chi connectivity index (χ4v) is 3.44. The highest BCUT2D eigenvalue weighted by Gasteiger charge is 2.14. The molecule has 0 fully saturated rings. The van der Waals surface area contributed by atoms with Crippen molar-refractivity contribution < 1.29 is 5.11 Å². The Morgan fingerprint density at radius 3 is 2.43 bits per heavy atom. The van der Waals surface area contributed by atoms with Gasteiger partial charge in [0.25, 0.3) is 0 Å². The van der Waals surface area contributed by atoms with E-state index in [9.17, 15) is 5.11 Å². The predicted octanol–water partition coefficient (Wildman–Crippen LogP) is 3.46. The summed E-state index contributed by atoms with van der Waals surface area (Å²) in [4.78, 5) is 3.62. The Kier molecular flexibility index (Phi) is 5.39. The fourth-order valence-electron chi connectivity index (χ4n) is 2.52. The van der Waals surface area contributed by atoms with Crippen LogP contribution in [-0.2, 0) is 6.54 Å². The maximum absolute atomic E-state index is 9.82. The van der Waals surface area contributed by atoms with Crippen LogP contribution in [-0.4, -0.2) is 30.6 Å². The summed E-state index contributed by atoms with van der Waals surface area (Å²) < 4.78 is 0. The minimum Gasteiger partial charge on any atom is -0.507 e. The number of phenols is 1. The van der Waals surface area contributed by atoms with Gasteiger partial charge in [0, 0.05) is 18.0 Å². The molecule has 2 aromatic rings. The van der Waals surface area contributed by atoms with E-state index in [1.165, 1.54) is 10.4 Å². The van der Waals surface area contributed by atoms with Gasteiger partial charge in [0.2, 0.25) is 0 Å². The number of aromatic hydroxyl groups is 1. The minimum atomic E-state index is 0.393. The van der Waals surface area contributed by atoms with Crippen molar-refractivity contribution in [1.82, 2.24) is 10.2 Å².